The van der Waals surface area contributed by atoms with Gasteiger partial charge < -0.3 is 19.4 Å². The summed E-state index contributed by atoms with van der Waals surface area (Å²) in [5.41, 5.74) is -0.0680. The highest BCUT2D eigenvalue weighted by atomic mass is 127. The van der Waals surface area contributed by atoms with Crippen LogP contribution in [0.1, 0.15) is 32.4 Å². The number of rotatable bonds is 6. The first kappa shape index (κ1) is 23.2. The molecular weight excluding hydrogens is 462 g/mol. The van der Waals surface area contributed by atoms with E-state index in [-0.39, 0.29) is 35.2 Å². The smallest absolute Gasteiger partial charge is 0.213 e. The summed E-state index contributed by atoms with van der Waals surface area (Å²) < 4.78 is 24.3. The maximum Gasteiger partial charge on any atom is 0.213 e. The van der Waals surface area contributed by atoms with Crippen LogP contribution >= 0.6 is 24.0 Å². The van der Waals surface area contributed by atoms with E-state index in [9.17, 15) is 4.39 Å². The Morgan fingerprint density at radius 2 is 1.96 bits per heavy atom. The van der Waals surface area contributed by atoms with E-state index in [4.69, 9.17) is 9.15 Å². The molecule has 0 amide bonds. The first-order chi connectivity index (χ1) is 12.3. The zero-order valence-electron chi connectivity index (χ0n) is 16.5. The Morgan fingerprint density at radius 3 is 2.52 bits per heavy atom. The maximum absolute atomic E-state index is 12.9. The molecule has 27 heavy (non-hydrogen) atoms. The molecule has 0 unspecified atom stereocenters. The van der Waals surface area contributed by atoms with Crippen molar-refractivity contribution in [1.29, 1.82) is 0 Å². The molecule has 0 atom stereocenters. The van der Waals surface area contributed by atoms with Gasteiger partial charge >= 0.3 is 0 Å². The summed E-state index contributed by atoms with van der Waals surface area (Å²) in [6, 6.07) is 5.97. The fourth-order valence-corrected chi connectivity index (χ4v) is 2.22. The number of nitrogens with zero attached hydrogens (tertiary/aromatic N) is 3. The molecule has 0 saturated carbocycles. The molecule has 2 rings (SSSR count). The molecular formula is C19H28FIN4O2. The van der Waals surface area contributed by atoms with Gasteiger partial charge in [-0.2, -0.15) is 0 Å². The summed E-state index contributed by atoms with van der Waals surface area (Å²) in [6.07, 6.45) is 1.76. The van der Waals surface area contributed by atoms with Gasteiger partial charge in [0.05, 0.1) is 19.3 Å². The van der Waals surface area contributed by atoms with Gasteiger partial charge in [0.15, 0.2) is 5.96 Å². The van der Waals surface area contributed by atoms with Gasteiger partial charge in [0.25, 0.3) is 0 Å². The molecule has 0 bridgehead atoms. The lowest BCUT2D eigenvalue weighted by molar-refractivity contribution is 0.280. The van der Waals surface area contributed by atoms with E-state index in [0.717, 1.165) is 5.76 Å². The first-order valence-electron chi connectivity index (χ1n) is 8.55. The standard InChI is InChI=1S/C19H27FN4O2.HI/c1-19(2,3)16-12-22-17(26-16)13-23-18(21-4)24(5)10-11-25-15-8-6-14(20)7-9-15;/h6-9,12H,10-11,13H2,1-5H3,(H,21,23);1H. The molecule has 1 N–H and O–H groups in total. The Hall–Kier alpha value is -1.84. The van der Waals surface area contributed by atoms with Crippen LogP contribution in [0.3, 0.4) is 0 Å². The van der Waals surface area contributed by atoms with Crippen LogP contribution < -0.4 is 10.1 Å². The molecule has 1 aromatic carbocycles. The summed E-state index contributed by atoms with van der Waals surface area (Å²) in [5, 5.41) is 3.22. The molecule has 0 aliphatic rings. The van der Waals surface area contributed by atoms with Crippen LogP contribution in [0.25, 0.3) is 0 Å². The van der Waals surface area contributed by atoms with Gasteiger partial charge in [-0.1, -0.05) is 20.8 Å². The van der Waals surface area contributed by atoms with Crippen LogP contribution in [0.5, 0.6) is 5.75 Å². The zero-order chi connectivity index (χ0) is 19.2. The minimum absolute atomic E-state index is 0. The normalized spacial score (nSPS) is 11.7. The Morgan fingerprint density at radius 1 is 1.30 bits per heavy atom. The van der Waals surface area contributed by atoms with Crippen LogP contribution in [0.15, 0.2) is 39.9 Å². The summed E-state index contributed by atoms with van der Waals surface area (Å²) in [5.74, 6) is 2.54. The van der Waals surface area contributed by atoms with Crippen molar-refractivity contribution < 1.29 is 13.5 Å². The molecule has 0 radical (unpaired) electrons. The zero-order valence-corrected chi connectivity index (χ0v) is 18.8. The Kier molecular flexibility index (Phi) is 9.01. The molecule has 6 nitrogen and oxygen atoms in total. The minimum atomic E-state index is -0.278. The second kappa shape index (κ2) is 10.5. The SMILES string of the molecule is CN=C(NCc1ncc(C(C)(C)C)o1)N(C)CCOc1ccc(F)cc1.I. The second-order valence-corrected chi connectivity index (χ2v) is 6.99. The number of nitrogens with one attached hydrogen (secondary N) is 1. The highest BCUT2D eigenvalue weighted by Gasteiger charge is 2.19. The topological polar surface area (TPSA) is 62.9 Å². The molecule has 8 heteroatoms. The highest BCUT2D eigenvalue weighted by Crippen LogP contribution is 2.22. The molecule has 150 valence electrons. The average molecular weight is 490 g/mol. The Bertz CT molecular complexity index is 726. The van der Waals surface area contributed by atoms with Crippen LogP contribution in [0.2, 0.25) is 0 Å². The third-order valence-electron chi connectivity index (χ3n) is 3.77. The van der Waals surface area contributed by atoms with Crippen molar-refractivity contribution in [3.05, 3.63) is 47.9 Å². The van der Waals surface area contributed by atoms with Crippen molar-refractivity contribution in [2.45, 2.75) is 32.7 Å². The van der Waals surface area contributed by atoms with Crippen molar-refractivity contribution in [2.75, 3.05) is 27.2 Å². The van der Waals surface area contributed by atoms with E-state index < -0.39 is 0 Å². The lowest BCUT2D eigenvalue weighted by Gasteiger charge is -2.21. The summed E-state index contributed by atoms with van der Waals surface area (Å²) in [4.78, 5) is 10.5. The number of likely N-dealkylation sites (N-methyl/N-ethyl adjacent to an activating group) is 1. The van der Waals surface area contributed by atoms with E-state index in [1.54, 1.807) is 25.4 Å². The summed E-state index contributed by atoms with van der Waals surface area (Å²) in [6.45, 7) is 7.77. The quantitative estimate of drug-likeness (QED) is 0.379. The maximum atomic E-state index is 12.9. The predicted molar refractivity (Wildman–Crippen MR) is 115 cm³/mol. The number of ether oxygens (including phenoxy) is 1. The molecule has 1 aromatic heterocycles. The van der Waals surface area contributed by atoms with Crippen LogP contribution in [-0.2, 0) is 12.0 Å². The number of oxazole rings is 1. The van der Waals surface area contributed by atoms with Gasteiger partial charge in [-0.25, -0.2) is 9.37 Å². The number of halogens is 2. The fourth-order valence-electron chi connectivity index (χ4n) is 2.22. The molecule has 2 aromatic rings. The number of benzene rings is 1. The highest BCUT2D eigenvalue weighted by molar-refractivity contribution is 14.0. The Labute approximate surface area is 177 Å². The van der Waals surface area contributed by atoms with E-state index >= 15 is 0 Å². The monoisotopic (exact) mass is 490 g/mol. The molecule has 0 saturated heterocycles. The number of aromatic nitrogens is 1. The van der Waals surface area contributed by atoms with Gasteiger partial charge in [0, 0.05) is 19.5 Å². The van der Waals surface area contributed by atoms with E-state index in [2.05, 4.69) is 36.1 Å². The third-order valence-corrected chi connectivity index (χ3v) is 3.77. The van der Waals surface area contributed by atoms with Crippen molar-refractivity contribution in [1.82, 2.24) is 15.2 Å². The number of hydrogen-bond donors (Lipinski definition) is 1. The van der Waals surface area contributed by atoms with E-state index in [1.165, 1.54) is 12.1 Å². The minimum Gasteiger partial charge on any atom is -0.492 e. The van der Waals surface area contributed by atoms with Crippen molar-refractivity contribution >= 4 is 29.9 Å². The third kappa shape index (κ3) is 7.36. The molecule has 1 heterocycles. The van der Waals surface area contributed by atoms with Crippen LogP contribution in [0, 0.1) is 5.82 Å². The number of guanidine groups is 1. The lowest BCUT2D eigenvalue weighted by Crippen LogP contribution is -2.40. The van der Waals surface area contributed by atoms with Gasteiger partial charge in [-0.3, -0.25) is 4.99 Å². The van der Waals surface area contributed by atoms with E-state index in [0.29, 0.717) is 37.3 Å². The lowest BCUT2D eigenvalue weighted by atomic mass is 9.94. The number of aliphatic imine (C=N–C) groups is 1. The first-order valence-corrected chi connectivity index (χ1v) is 8.55. The van der Waals surface area contributed by atoms with Gasteiger partial charge in [-0.15, -0.1) is 24.0 Å². The average Bonchev–Trinajstić information content (AvgIpc) is 3.06. The molecule has 0 fully saturated rings. The van der Waals surface area contributed by atoms with Crippen LogP contribution in [-0.4, -0.2) is 43.1 Å². The van der Waals surface area contributed by atoms with E-state index in [1.807, 2.05) is 11.9 Å². The molecule has 0 aliphatic heterocycles. The van der Waals surface area contributed by atoms with Crippen molar-refractivity contribution in [3.8, 4) is 5.75 Å². The van der Waals surface area contributed by atoms with Crippen molar-refractivity contribution in [3.63, 3.8) is 0 Å². The number of hydrogen-bond acceptors (Lipinski definition) is 4. The largest absolute Gasteiger partial charge is 0.492 e. The summed E-state index contributed by atoms with van der Waals surface area (Å²) in [7, 11) is 3.63. The van der Waals surface area contributed by atoms with Crippen LogP contribution in [0.4, 0.5) is 4.39 Å². The van der Waals surface area contributed by atoms with Crippen molar-refractivity contribution in [2.24, 2.45) is 4.99 Å². The Balaban J connectivity index is 0.00000364. The van der Waals surface area contributed by atoms with Gasteiger partial charge in [0.1, 0.15) is 23.9 Å². The molecule has 0 spiro atoms. The fraction of sp³-hybridized carbons (Fsp3) is 0.474. The molecule has 0 aliphatic carbocycles. The predicted octanol–water partition coefficient (Wildman–Crippen LogP) is 3.82. The second-order valence-electron chi connectivity index (χ2n) is 6.99. The van der Waals surface area contributed by atoms with Gasteiger partial charge in [0.2, 0.25) is 5.89 Å². The summed E-state index contributed by atoms with van der Waals surface area (Å²) >= 11 is 0. The van der Waals surface area contributed by atoms with Gasteiger partial charge in [-0.05, 0) is 24.3 Å².